The Morgan fingerprint density at radius 1 is 0.365 bits per heavy atom. The zero-order valence-electron chi connectivity index (χ0n) is 28.1. The molecule has 8 aromatic carbocycles. The quantitative estimate of drug-likeness (QED) is 0.164. The van der Waals surface area contributed by atoms with Crippen LogP contribution in [0.15, 0.2) is 188 Å². The highest BCUT2D eigenvalue weighted by Gasteiger charge is 2.17. The van der Waals surface area contributed by atoms with Crippen molar-refractivity contribution in [3.63, 3.8) is 0 Å². The lowest BCUT2D eigenvalue weighted by molar-refractivity contribution is 1.29. The average molecular weight is 682 g/mol. The van der Waals surface area contributed by atoms with Crippen molar-refractivity contribution in [3.8, 4) is 33.6 Å². The Balaban J connectivity index is 1.08. The molecule has 0 amide bonds. The van der Waals surface area contributed by atoms with Gasteiger partial charge in [0.2, 0.25) is 0 Å². The molecule has 3 nitrogen and oxygen atoms in total. The van der Waals surface area contributed by atoms with Crippen molar-refractivity contribution in [2.45, 2.75) is 0 Å². The second kappa shape index (κ2) is 12.6. The van der Waals surface area contributed by atoms with Crippen LogP contribution in [0.2, 0.25) is 0 Å². The molecule has 52 heavy (non-hydrogen) atoms. The topological polar surface area (TPSA) is 29.0 Å². The van der Waals surface area contributed by atoms with Crippen LogP contribution in [0.5, 0.6) is 0 Å². The molecular formula is C48H31N3S. The molecule has 10 rings (SSSR count). The van der Waals surface area contributed by atoms with Crippen LogP contribution < -0.4 is 4.90 Å². The van der Waals surface area contributed by atoms with E-state index in [0.29, 0.717) is 0 Å². The molecule has 0 atom stereocenters. The van der Waals surface area contributed by atoms with Gasteiger partial charge in [-0.25, -0.2) is 9.97 Å². The van der Waals surface area contributed by atoms with Crippen LogP contribution in [0, 0.1) is 0 Å². The van der Waals surface area contributed by atoms with E-state index in [1.54, 1.807) is 0 Å². The Morgan fingerprint density at radius 3 is 1.69 bits per heavy atom. The first-order valence-corrected chi connectivity index (χ1v) is 18.3. The molecule has 10 aromatic rings. The van der Waals surface area contributed by atoms with E-state index < -0.39 is 0 Å². The van der Waals surface area contributed by atoms with Gasteiger partial charge in [0, 0.05) is 53.7 Å². The van der Waals surface area contributed by atoms with Crippen LogP contribution in [0.25, 0.3) is 75.6 Å². The van der Waals surface area contributed by atoms with Crippen LogP contribution in [0.4, 0.5) is 17.1 Å². The highest BCUT2D eigenvalue weighted by Crippen LogP contribution is 2.41. The summed E-state index contributed by atoms with van der Waals surface area (Å²) in [6, 6.07) is 66.7. The molecule has 2 aromatic heterocycles. The van der Waals surface area contributed by atoms with Crippen LogP contribution in [0.3, 0.4) is 0 Å². The molecule has 4 heteroatoms. The number of aromatic nitrogens is 2. The molecule has 0 aliphatic carbocycles. The summed E-state index contributed by atoms with van der Waals surface area (Å²) in [6.07, 6.45) is 0. The highest BCUT2D eigenvalue weighted by atomic mass is 32.1. The Morgan fingerprint density at radius 2 is 0.942 bits per heavy atom. The van der Waals surface area contributed by atoms with Gasteiger partial charge in [-0.15, -0.1) is 11.3 Å². The van der Waals surface area contributed by atoms with Crippen molar-refractivity contribution >= 4 is 70.4 Å². The number of anilines is 3. The largest absolute Gasteiger partial charge is 0.310 e. The van der Waals surface area contributed by atoms with Crippen molar-refractivity contribution in [2.75, 3.05) is 4.90 Å². The summed E-state index contributed by atoms with van der Waals surface area (Å²) in [5.74, 6) is 0. The van der Waals surface area contributed by atoms with E-state index in [0.717, 1.165) is 72.5 Å². The van der Waals surface area contributed by atoms with Gasteiger partial charge in [0.1, 0.15) is 0 Å². The minimum atomic E-state index is 0.882. The molecule has 0 aliphatic rings. The van der Waals surface area contributed by atoms with Crippen LogP contribution >= 0.6 is 11.3 Å². The minimum absolute atomic E-state index is 0.882. The molecule has 0 N–H and O–H groups in total. The zero-order chi connectivity index (χ0) is 34.4. The van der Waals surface area contributed by atoms with Crippen LogP contribution in [-0.2, 0) is 0 Å². The minimum Gasteiger partial charge on any atom is -0.310 e. The maximum absolute atomic E-state index is 5.36. The SMILES string of the molecule is c1ccc(-c2nc3ccc4ccc(-c5ccc(N(c6ccccc6)c6ccc7sc8ccccc8c7c6)cc5)cc4c3nc2-c2ccccc2)cc1. The fourth-order valence-corrected chi connectivity index (χ4v) is 8.38. The molecular weight excluding hydrogens is 651 g/mol. The summed E-state index contributed by atoms with van der Waals surface area (Å²) in [5.41, 5.74) is 11.3. The van der Waals surface area contributed by atoms with Gasteiger partial charge in [-0.05, 0) is 77.2 Å². The fourth-order valence-electron chi connectivity index (χ4n) is 7.29. The van der Waals surface area contributed by atoms with Gasteiger partial charge in [0.25, 0.3) is 0 Å². The summed E-state index contributed by atoms with van der Waals surface area (Å²) < 4.78 is 2.61. The Bertz CT molecular complexity index is 2880. The first kappa shape index (κ1) is 30.2. The number of fused-ring (bicyclic) bond motifs is 6. The van der Waals surface area contributed by atoms with E-state index in [1.165, 1.54) is 20.2 Å². The van der Waals surface area contributed by atoms with Gasteiger partial charge in [0.05, 0.1) is 22.4 Å². The van der Waals surface area contributed by atoms with Gasteiger partial charge < -0.3 is 4.90 Å². The van der Waals surface area contributed by atoms with Gasteiger partial charge in [-0.1, -0.05) is 127 Å². The van der Waals surface area contributed by atoms with Crippen LogP contribution in [-0.4, -0.2) is 9.97 Å². The third-order valence-electron chi connectivity index (χ3n) is 9.84. The van der Waals surface area contributed by atoms with Crippen molar-refractivity contribution < 1.29 is 0 Å². The smallest absolute Gasteiger partial charge is 0.0973 e. The molecule has 0 fully saturated rings. The Hall–Kier alpha value is -6.62. The van der Waals surface area contributed by atoms with E-state index in [9.17, 15) is 0 Å². The van der Waals surface area contributed by atoms with Gasteiger partial charge in [0.15, 0.2) is 0 Å². The van der Waals surface area contributed by atoms with Crippen LogP contribution in [0.1, 0.15) is 0 Å². The summed E-state index contributed by atoms with van der Waals surface area (Å²) in [6.45, 7) is 0. The second-order valence-electron chi connectivity index (χ2n) is 13.0. The monoisotopic (exact) mass is 681 g/mol. The van der Waals surface area contributed by atoms with Crippen molar-refractivity contribution in [2.24, 2.45) is 0 Å². The number of nitrogens with zero attached hydrogens (tertiary/aromatic N) is 3. The number of benzene rings is 8. The van der Waals surface area contributed by atoms with Gasteiger partial charge >= 0.3 is 0 Å². The van der Waals surface area contributed by atoms with Crippen molar-refractivity contribution in [1.29, 1.82) is 0 Å². The molecule has 0 saturated carbocycles. The Labute approximate surface area is 305 Å². The maximum Gasteiger partial charge on any atom is 0.0973 e. The van der Waals surface area contributed by atoms with E-state index in [1.807, 2.05) is 23.5 Å². The maximum atomic E-state index is 5.36. The molecule has 0 radical (unpaired) electrons. The highest BCUT2D eigenvalue weighted by molar-refractivity contribution is 7.25. The number of para-hydroxylation sites is 1. The Kier molecular flexibility index (Phi) is 7.33. The van der Waals surface area contributed by atoms with E-state index >= 15 is 0 Å². The van der Waals surface area contributed by atoms with Crippen molar-refractivity contribution in [1.82, 2.24) is 9.97 Å². The third kappa shape index (κ3) is 5.29. The van der Waals surface area contributed by atoms with E-state index in [-0.39, 0.29) is 0 Å². The first-order chi connectivity index (χ1) is 25.8. The standard InChI is InChI=1S/C48H31N3S/c1-4-12-34(13-5-1)46-47(35-14-6-2-7-15-35)50-48-41-30-36(21-20-33(41)24-28-43(48)49-46)32-22-25-38(26-23-32)51(37-16-8-3-9-17-37)39-27-29-45-42(31-39)40-18-10-11-19-44(40)52-45/h1-31H. The molecule has 0 unspecified atom stereocenters. The van der Waals surface area contributed by atoms with Crippen molar-refractivity contribution in [3.05, 3.63) is 188 Å². The number of hydrogen-bond acceptors (Lipinski definition) is 4. The number of thiophene rings is 1. The molecule has 0 spiro atoms. The average Bonchev–Trinajstić information content (AvgIpc) is 3.60. The van der Waals surface area contributed by atoms with E-state index in [2.05, 4.69) is 181 Å². The summed E-state index contributed by atoms with van der Waals surface area (Å²) in [4.78, 5) is 12.9. The molecule has 0 saturated heterocycles. The summed E-state index contributed by atoms with van der Waals surface area (Å²) in [5, 5.41) is 4.81. The normalized spacial score (nSPS) is 11.5. The third-order valence-corrected chi connectivity index (χ3v) is 11.0. The lowest BCUT2D eigenvalue weighted by atomic mass is 9.99. The summed E-state index contributed by atoms with van der Waals surface area (Å²) in [7, 11) is 0. The predicted molar refractivity (Wildman–Crippen MR) is 221 cm³/mol. The predicted octanol–water partition coefficient (Wildman–Crippen LogP) is 13.6. The molecule has 2 heterocycles. The lowest BCUT2D eigenvalue weighted by Gasteiger charge is -2.26. The first-order valence-electron chi connectivity index (χ1n) is 17.5. The molecule has 0 bridgehead atoms. The molecule has 0 aliphatic heterocycles. The fraction of sp³-hybridized carbons (Fsp3) is 0. The van der Waals surface area contributed by atoms with Gasteiger partial charge in [-0.2, -0.15) is 0 Å². The zero-order valence-corrected chi connectivity index (χ0v) is 29.0. The number of rotatable bonds is 6. The summed E-state index contributed by atoms with van der Waals surface area (Å²) >= 11 is 1.85. The molecule has 244 valence electrons. The number of hydrogen-bond donors (Lipinski definition) is 0. The van der Waals surface area contributed by atoms with E-state index in [4.69, 9.17) is 9.97 Å². The lowest BCUT2D eigenvalue weighted by Crippen LogP contribution is -2.09. The second-order valence-corrected chi connectivity index (χ2v) is 14.1. The van der Waals surface area contributed by atoms with Gasteiger partial charge in [-0.3, -0.25) is 0 Å².